The van der Waals surface area contributed by atoms with Gasteiger partial charge >= 0.3 is 0 Å². The van der Waals surface area contributed by atoms with Gasteiger partial charge in [-0.3, -0.25) is 0 Å². The topological polar surface area (TPSA) is 20.2 Å². The number of aliphatic hydroxyl groups is 1. The van der Waals surface area contributed by atoms with Gasteiger partial charge in [-0.05, 0) is 43.5 Å². The smallest absolute Gasteiger partial charge is 0.0552 e. The van der Waals surface area contributed by atoms with Crippen LogP contribution < -0.4 is 0 Å². The molecule has 0 bridgehead atoms. The zero-order chi connectivity index (χ0) is 10.0. The average molecular weight is 264 g/mol. The van der Waals surface area contributed by atoms with Crippen molar-refractivity contribution in [2.45, 2.75) is 26.4 Å². The summed E-state index contributed by atoms with van der Waals surface area (Å²) in [6.45, 7) is 3.74. The first kappa shape index (κ1) is 11.0. The van der Waals surface area contributed by atoms with E-state index in [1.165, 1.54) is 0 Å². The number of hydrogen-bond donors (Lipinski definition) is 1. The fourth-order valence-corrected chi connectivity index (χ4v) is 2.11. The van der Waals surface area contributed by atoms with E-state index in [2.05, 4.69) is 15.9 Å². The summed E-state index contributed by atoms with van der Waals surface area (Å²) in [6, 6.07) is 3.86. The zero-order valence-corrected chi connectivity index (χ0v) is 9.98. The van der Waals surface area contributed by atoms with Gasteiger partial charge in [-0.1, -0.05) is 27.5 Å². The van der Waals surface area contributed by atoms with E-state index in [-0.39, 0.29) is 6.10 Å². The molecular weight excluding hydrogens is 251 g/mol. The van der Waals surface area contributed by atoms with Crippen molar-refractivity contribution in [2.75, 3.05) is 0 Å². The van der Waals surface area contributed by atoms with Crippen molar-refractivity contribution >= 4 is 27.5 Å². The van der Waals surface area contributed by atoms with Crippen LogP contribution >= 0.6 is 27.5 Å². The van der Waals surface area contributed by atoms with Crippen LogP contribution in [-0.2, 0) is 6.42 Å². The second-order valence-electron chi connectivity index (χ2n) is 3.22. The Labute approximate surface area is 91.9 Å². The standard InChI is InChI=1S/C10H12BrClO/c1-6(13)3-8-4-9(11)5-10(12)7(8)2/h4-6,13H,3H2,1-2H3. The molecule has 1 nitrogen and oxygen atoms in total. The summed E-state index contributed by atoms with van der Waals surface area (Å²) in [7, 11) is 0. The van der Waals surface area contributed by atoms with Crippen molar-refractivity contribution in [3.05, 3.63) is 32.8 Å². The maximum atomic E-state index is 9.25. The number of halogens is 2. The van der Waals surface area contributed by atoms with Crippen molar-refractivity contribution in [3.8, 4) is 0 Å². The molecule has 1 rings (SSSR count). The fourth-order valence-electron chi connectivity index (χ4n) is 1.23. The van der Waals surface area contributed by atoms with Gasteiger partial charge in [-0.2, -0.15) is 0 Å². The molecule has 0 spiro atoms. The zero-order valence-electron chi connectivity index (χ0n) is 7.64. The highest BCUT2D eigenvalue weighted by Gasteiger charge is 2.06. The lowest BCUT2D eigenvalue weighted by Crippen LogP contribution is -2.05. The van der Waals surface area contributed by atoms with E-state index in [0.717, 1.165) is 20.6 Å². The van der Waals surface area contributed by atoms with Crippen LogP contribution in [0.1, 0.15) is 18.1 Å². The molecule has 0 radical (unpaired) electrons. The lowest BCUT2D eigenvalue weighted by Gasteiger charge is -2.10. The maximum absolute atomic E-state index is 9.25. The van der Waals surface area contributed by atoms with Gasteiger partial charge < -0.3 is 5.11 Å². The van der Waals surface area contributed by atoms with Crippen LogP contribution in [0.15, 0.2) is 16.6 Å². The predicted octanol–water partition coefficient (Wildman–Crippen LogP) is 3.33. The Kier molecular flexibility index (Phi) is 3.77. The second kappa shape index (κ2) is 4.45. The van der Waals surface area contributed by atoms with Gasteiger partial charge in [0.2, 0.25) is 0 Å². The Morgan fingerprint density at radius 2 is 2.15 bits per heavy atom. The van der Waals surface area contributed by atoms with Crippen molar-refractivity contribution in [2.24, 2.45) is 0 Å². The molecule has 0 aliphatic rings. The minimum Gasteiger partial charge on any atom is -0.393 e. The summed E-state index contributed by atoms with van der Waals surface area (Å²) in [6.07, 6.45) is 0.314. The van der Waals surface area contributed by atoms with Gasteiger partial charge in [-0.25, -0.2) is 0 Å². The molecule has 13 heavy (non-hydrogen) atoms. The minimum atomic E-state index is -0.330. The molecule has 0 aliphatic carbocycles. The predicted molar refractivity (Wildman–Crippen MR) is 59.3 cm³/mol. The molecule has 1 atom stereocenters. The molecule has 0 saturated heterocycles. The Hall–Kier alpha value is -0.0500. The lowest BCUT2D eigenvalue weighted by atomic mass is 10.0. The van der Waals surface area contributed by atoms with Crippen LogP contribution in [0.25, 0.3) is 0 Å². The lowest BCUT2D eigenvalue weighted by molar-refractivity contribution is 0.195. The number of benzene rings is 1. The van der Waals surface area contributed by atoms with Gasteiger partial charge in [-0.15, -0.1) is 0 Å². The molecule has 0 saturated carbocycles. The van der Waals surface area contributed by atoms with E-state index in [9.17, 15) is 5.11 Å². The molecule has 0 amide bonds. The summed E-state index contributed by atoms with van der Waals surface area (Å²) in [4.78, 5) is 0. The molecule has 1 unspecified atom stereocenters. The van der Waals surface area contributed by atoms with Crippen LogP contribution in [0.2, 0.25) is 5.02 Å². The van der Waals surface area contributed by atoms with E-state index in [4.69, 9.17) is 11.6 Å². The van der Waals surface area contributed by atoms with E-state index in [0.29, 0.717) is 6.42 Å². The maximum Gasteiger partial charge on any atom is 0.0552 e. The normalized spacial score (nSPS) is 13.0. The first-order valence-electron chi connectivity index (χ1n) is 4.13. The molecule has 1 aromatic carbocycles. The SMILES string of the molecule is Cc1c(Cl)cc(Br)cc1CC(C)O. The summed E-state index contributed by atoms with van der Waals surface area (Å²) < 4.78 is 0.957. The summed E-state index contributed by atoms with van der Waals surface area (Å²) >= 11 is 9.36. The van der Waals surface area contributed by atoms with Crippen LogP contribution in [-0.4, -0.2) is 11.2 Å². The Balaban J connectivity index is 3.05. The summed E-state index contributed by atoms with van der Waals surface area (Å²) in [5.74, 6) is 0. The van der Waals surface area contributed by atoms with E-state index >= 15 is 0 Å². The van der Waals surface area contributed by atoms with E-state index < -0.39 is 0 Å². The first-order valence-corrected chi connectivity index (χ1v) is 5.30. The van der Waals surface area contributed by atoms with Crippen LogP contribution in [0.4, 0.5) is 0 Å². The van der Waals surface area contributed by atoms with Crippen LogP contribution in [0.5, 0.6) is 0 Å². The number of rotatable bonds is 2. The van der Waals surface area contributed by atoms with Crippen molar-refractivity contribution in [3.63, 3.8) is 0 Å². The average Bonchev–Trinajstić information content (AvgIpc) is 1.98. The quantitative estimate of drug-likeness (QED) is 0.868. The van der Waals surface area contributed by atoms with Gasteiger partial charge in [0.05, 0.1) is 6.10 Å². The molecule has 1 N–H and O–H groups in total. The van der Waals surface area contributed by atoms with E-state index in [1.54, 1.807) is 6.92 Å². The highest BCUT2D eigenvalue weighted by atomic mass is 79.9. The fraction of sp³-hybridized carbons (Fsp3) is 0.400. The van der Waals surface area contributed by atoms with Crippen molar-refractivity contribution < 1.29 is 5.11 Å². The molecular formula is C10H12BrClO. The highest BCUT2D eigenvalue weighted by molar-refractivity contribution is 9.10. The van der Waals surface area contributed by atoms with Gasteiger partial charge in [0.1, 0.15) is 0 Å². The number of aliphatic hydroxyl groups excluding tert-OH is 1. The monoisotopic (exact) mass is 262 g/mol. The Morgan fingerprint density at radius 3 is 2.69 bits per heavy atom. The molecule has 0 aromatic heterocycles. The molecule has 0 heterocycles. The second-order valence-corrected chi connectivity index (χ2v) is 4.55. The van der Waals surface area contributed by atoms with Crippen LogP contribution in [0.3, 0.4) is 0 Å². The molecule has 1 aromatic rings. The third kappa shape index (κ3) is 2.97. The Morgan fingerprint density at radius 1 is 1.54 bits per heavy atom. The first-order chi connectivity index (χ1) is 6.00. The summed E-state index contributed by atoms with van der Waals surface area (Å²) in [5.41, 5.74) is 2.14. The van der Waals surface area contributed by atoms with Gasteiger partial charge in [0.15, 0.2) is 0 Å². The third-order valence-electron chi connectivity index (χ3n) is 1.93. The van der Waals surface area contributed by atoms with E-state index in [1.807, 2.05) is 19.1 Å². The third-order valence-corrected chi connectivity index (χ3v) is 2.78. The molecule has 0 fully saturated rings. The Bertz CT molecular complexity index is 310. The van der Waals surface area contributed by atoms with Crippen molar-refractivity contribution in [1.82, 2.24) is 0 Å². The van der Waals surface area contributed by atoms with Crippen molar-refractivity contribution in [1.29, 1.82) is 0 Å². The van der Waals surface area contributed by atoms with Gasteiger partial charge in [0, 0.05) is 9.50 Å². The molecule has 0 aliphatic heterocycles. The highest BCUT2D eigenvalue weighted by Crippen LogP contribution is 2.25. The minimum absolute atomic E-state index is 0.330. The largest absolute Gasteiger partial charge is 0.393 e. The van der Waals surface area contributed by atoms with Crippen LogP contribution in [0, 0.1) is 6.92 Å². The molecule has 3 heteroatoms. The molecule has 72 valence electrons. The number of hydrogen-bond acceptors (Lipinski definition) is 1. The summed E-state index contributed by atoms with van der Waals surface area (Å²) in [5, 5.41) is 9.99. The van der Waals surface area contributed by atoms with Gasteiger partial charge in [0.25, 0.3) is 0 Å².